The number of aryl methyl sites for hydroxylation is 2. The summed E-state index contributed by atoms with van der Waals surface area (Å²) in [4.78, 5) is 8.27. The largest absolute Gasteiger partial charge is 0.384 e. The molecule has 0 radical (unpaired) electrons. The van der Waals surface area contributed by atoms with Gasteiger partial charge in [-0.1, -0.05) is 17.7 Å². The Morgan fingerprint density at radius 3 is 2.38 bits per heavy atom. The van der Waals surface area contributed by atoms with Gasteiger partial charge in [-0.05, 0) is 26.0 Å². The Balaban J connectivity index is 2.23. The van der Waals surface area contributed by atoms with E-state index in [1.54, 1.807) is 6.07 Å². The standard InChI is InChI=1S/C12H14N4/c1-8-3-5-10(6-4-8)16-12-7-11(13)14-9(2)15-12/h3-7H,1-2H3,(H3,13,14,15,16). The predicted octanol–water partition coefficient (Wildman–Crippen LogP) is 2.42. The molecule has 0 saturated heterocycles. The summed E-state index contributed by atoms with van der Waals surface area (Å²) in [5.41, 5.74) is 7.86. The number of nitrogens with two attached hydrogens (primary N) is 1. The van der Waals surface area contributed by atoms with Crippen molar-refractivity contribution < 1.29 is 0 Å². The van der Waals surface area contributed by atoms with Gasteiger partial charge in [0.15, 0.2) is 0 Å². The van der Waals surface area contributed by atoms with E-state index in [1.165, 1.54) is 5.56 Å². The maximum atomic E-state index is 5.65. The third-order valence-corrected chi connectivity index (χ3v) is 2.18. The highest BCUT2D eigenvalue weighted by molar-refractivity contribution is 5.58. The number of nitrogens with one attached hydrogen (secondary N) is 1. The van der Waals surface area contributed by atoms with Crippen molar-refractivity contribution in [2.24, 2.45) is 0 Å². The molecule has 4 heteroatoms. The van der Waals surface area contributed by atoms with Crippen molar-refractivity contribution in [2.45, 2.75) is 13.8 Å². The Hall–Kier alpha value is -2.10. The lowest BCUT2D eigenvalue weighted by molar-refractivity contribution is 1.06. The van der Waals surface area contributed by atoms with E-state index in [-0.39, 0.29) is 0 Å². The minimum Gasteiger partial charge on any atom is -0.384 e. The average Bonchev–Trinajstić information content (AvgIpc) is 2.20. The summed E-state index contributed by atoms with van der Waals surface area (Å²) in [5, 5.41) is 3.18. The minimum atomic E-state index is 0.474. The lowest BCUT2D eigenvalue weighted by Crippen LogP contribution is -2.00. The fraction of sp³-hybridized carbons (Fsp3) is 0.167. The van der Waals surface area contributed by atoms with Crippen molar-refractivity contribution in [1.82, 2.24) is 9.97 Å². The molecule has 16 heavy (non-hydrogen) atoms. The van der Waals surface area contributed by atoms with Gasteiger partial charge in [0.25, 0.3) is 0 Å². The second kappa shape index (κ2) is 4.18. The smallest absolute Gasteiger partial charge is 0.136 e. The number of nitrogen functional groups attached to an aromatic ring is 1. The van der Waals surface area contributed by atoms with Gasteiger partial charge in [-0.15, -0.1) is 0 Å². The number of benzene rings is 1. The number of rotatable bonds is 2. The maximum absolute atomic E-state index is 5.65. The first-order valence-electron chi connectivity index (χ1n) is 5.08. The second-order valence-electron chi connectivity index (χ2n) is 3.72. The van der Waals surface area contributed by atoms with Crippen LogP contribution in [0.25, 0.3) is 0 Å². The van der Waals surface area contributed by atoms with Gasteiger partial charge < -0.3 is 11.1 Å². The maximum Gasteiger partial charge on any atom is 0.136 e. The van der Waals surface area contributed by atoms with E-state index in [4.69, 9.17) is 5.73 Å². The Morgan fingerprint density at radius 1 is 1.06 bits per heavy atom. The third-order valence-electron chi connectivity index (χ3n) is 2.18. The van der Waals surface area contributed by atoms with Gasteiger partial charge >= 0.3 is 0 Å². The SMILES string of the molecule is Cc1ccc(Nc2cc(N)nc(C)n2)cc1. The molecule has 4 nitrogen and oxygen atoms in total. The zero-order chi connectivity index (χ0) is 11.5. The van der Waals surface area contributed by atoms with Crippen LogP contribution in [0.3, 0.4) is 0 Å². The molecule has 0 spiro atoms. The third kappa shape index (κ3) is 2.48. The molecule has 1 aromatic heterocycles. The lowest BCUT2D eigenvalue weighted by atomic mass is 10.2. The van der Waals surface area contributed by atoms with Gasteiger partial charge in [-0.2, -0.15) is 0 Å². The summed E-state index contributed by atoms with van der Waals surface area (Å²) in [6, 6.07) is 9.80. The van der Waals surface area contributed by atoms with Gasteiger partial charge in [0.2, 0.25) is 0 Å². The number of aromatic nitrogens is 2. The highest BCUT2D eigenvalue weighted by atomic mass is 15.0. The van der Waals surface area contributed by atoms with Crippen LogP contribution in [0.2, 0.25) is 0 Å². The summed E-state index contributed by atoms with van der Waals surface area (Å²) in [6.45, 7) is 3.87. The number of nitrogens with zero attached hydrogens (tertiary/aromatic N) is 2. The first kappa shape index (κ1) is 10.4. The van der Waals surface area contributed by atoms with Crippen LogP contribution in [0.15, 0.2) is 30.3 Å². The second-order valence-corrected chi connectivity index (χ2v) is 3.72. The summed E-state index contributed by atoms with van der Waals surface area (Å²) in [6.07, 6.45) is 0. The molecule has 0 amide bonds. The molecule has 0 aliphatic carbocycles. The van der Waals surface area contributed by atoms with Crippen molar-refractivity contribution in [2.75, 3.05) is 11.1 Å². The van der Waals surface area contributed by atoms with Crippen LogP contribution in [0.5, 0.6) is 0 Å². The van der Waals surface area contributed by atoms with Crippen LogP contribution in [0, 0.1) is 13.8 Å². The van der Waals surface area contributed by atoms with Crippen LogP contribution in [-0.2, 0) is 0 Å². The molecular formula is C12H14N4. The summed E-state index contributed by atoms with van der Waals surface area (Å²) in [5.74, 6) is 1.85. The number of hydrogen-bond acceptors (Lipinski definition) is 4. The molecule has 2 rings (SSSR count). The Kier molecular flexibility index (Phi) is 2.72. The molecule has 0 aliphatic rings. The molecule has 2 aromatic rings. The van der Waals surface area contributed by atoms with E-state index in [1.807, 2.05) is 31.2 Å². The van der Waals surface area contributed by atoms with E-state index in [0.717, 1.165) is 5.69 Å². The van der Waals surface area contributed by atoms with Crippen molar-refractivity contribution in [3.05, 3.63) is 41.7 Å². The zero-order valence-corrected chi connectivity index (χ0v) is 9.36. The fourth-order valence-electron chi connectivity index (χ4n) is 1.44. The Morgan fingerprint density at radius 2 is 1.75 bits per heavy atom. The predicted molar refractivity (Wildman–Crippen MR) is 65.6 cm³/mol. The topological polar surface area (TPSA) is 63.8 Å². The van der Waals surface area contributed by atoms with E-state index >= 15 is 0 Å². The molecule has 3 N–H and O–H groups in total. The van der Waals surface area contributed by atoms with Crippen molar-refractivity contribution in [3.63, 3.8) is 0 Å². The zero-order valence-electron chi connectivity index (χ0n) is 9.36. The van der Waals surface area contributed by atoms with Gasteiger partial charge in [-0.25, -0.2) is 9.97 Å². The van der Waals surface area contributed by atoms with Crippen molar-refractivity contribution in [1.29, 1.82) is 0 Å². The summed E-state index contributed by atoms with van der Waals surface area (Å²) < 4.78 is 0. The molecule has 0 bridgehead atoms. The van der Waals surface area contributed by atoms with Gasteiger partial charge in [-0.3, -0.25) is 0 Å². The van der Waals surface area contributed by atoms with Gasteiger partial charge in [0.1, 0.15) is 17.5 Å². The summed E-state index contributed by atoms with van der Waals surface area (Å²) >= 11 is 0. The van der Waals surface area contributed by atoms with Crippen LogP contribution < -0.4 is 11.1 Å². The molecule has 0 atom stereocenters. The van der Waals surface area contributed by atoms with Crippen LogP contribution >= 0.6 is 0 Å². The normalized spacial score (nSPS) is 10.1. The fourth-order valence-corrected chi connectivity index (χ4v) is 1.44. The van der Waals surface area contributed by atoms with Crippen LogP contribution in [-0.4, -0.2) is 9.97 Å². The first-order chi connectivity index (χ1) is 7.63. The first-order valence-corrected chi connectivity index (χ1v) is 5.08. The van der Waals surface area contributed by atoms with Crippen molar-refractivity contribution >= 4 is 17.3 Å². The van der Waals surface area contributed by atoms with Gasteiger partial charge in [0.05, 0.1) is 0 Å². The molecule has 0 saturated carbocycles. The Labute approximate surface area is 94.5 Å². The van der Waals surface area contributed by atoms with Crippen LogP contribution in [0.4, 0.5) is 17.3 Å². The minimum absolute atomic E-state index is 0.474. The van der Waals surface area contributed by atoms with E-state index in [0.29, 0.717) is 17.5 Å². The van der Waals surface area contributed by atoms with E-state index in [9.17, 15) is 0 Å². The van der Waals surface area contributed by atoms with Crippen LogP contribution in [0.1, 0.15) is 11.4 Å². The highest BCUT2D eigenvalue weighted by Gasteiger charge is 1.99. The molecule has 1 heterocycles. The molecule has 1 aromatic carbocycles. The molecule has 0 unspecified atom stereocenters. The molecular weight excluding hydrogens is 200 g/mol. The molecule has 82 valence electrons. The lowest BCUT2D eigenvalue weighted by Gasteiger charge is -2.07. The Bertz CT molecular complexity index is 471. The van der Waals surface area contributed by atoms with E-state index < -0.39 is 0 Å². The number of anilines is 3. The monoisotopic (exact) mass is 214 g/mol. The molecule has 0 fully saturated rings. The number of hydrogen-bond donors (Lipinski definition) is 2. The quantitative estimate of drug-likeness (QED) is 0.805. The highest BCUT2D eigenvalue weighted by Crippen LogP contribution is 2.16. The van der Waals surface area contributed by atoms with Gasteiger partial charge in [0, 0.05) is 11.8 Å². The summed E-state index contributed by atoms with van der Waals surface area (Å²) in [7, 11) is 0. The molecule has 0 aliphatic heterocycles. The van der Waals surface area contributed by atoms with E-state index in [2.05, 4.69) is 22.2 Å². The average molecular weight is 214 g/mol. The van der Waals surface area contributed by atoms with Crippen molar-refractivity contribution in [3.8, 4) is 0 Å².